The molecular weight excluding hydrogens is 464 g/mol. The molecule has 0 unspecified atom stereocenters. The first kappa shape index (κ1) is 23.5. The lowest BCUT2D eigenvalue weighted by Gasteiger charge is -2.26. The highest BCUT2D eigenvalue weighted by molar-refractivity contribution is 7.89. The van der Waals surface area contributed by atoms with Crippen molar-refractivity contribution in [2.75, 3.05) is 24.5 Å². The van der Waals surface area contributed by atoms with Gasteiger partial charge in [0.05, 0.1) is 11.1 Å². The molecule has 182 valence electrons. The van der Waals surface area contributed by atoms with Crippen molar-refractivity contribution < 1.29 is 13.2 Å². The number of benzene rings is 1. The lowest BCUT2D eigenvalue weighted by Crippen LogP contribution is -2.35. The molecule has 2 aromatic heterocycles. The van der Waals surface area contributed by atoms with Crippen LogP contribution in [0.5, 0.6) is 0 Å². The van der Waals surface area contributed by atoms with Gasteiger partial charge in [-0.3, -0.25) is 4.79 Å². The van der Waals surface area contributed by atoms with E-state index in [0.29, 0.717) is 55.0 Å². The van der Waals surface area contributed by atoms with E-state index >= 15 is 0 Å². The highest BCUT2D eigenvalue weighted by atomic mass is 32.2. The third kappa shape index (κ3) is 4.09. The van der Waals surface area contributed by atoms with Crippen LogP contribution in [0.3, 0.4) is 0 Å². The molecule has 3 aromatic rings. The molecule has 1 fully saturated rings. The number of rotatable bonds is 5. The average molecular weight is 493 g/mol. The van der Waals surface area contributed by atoms with Crippen molar-refractivity contribution in [2.24, 2.45) is 0 Å². The molecule has 1 saturated heterocycles. The summed E-state index contributed by atoms with van der Waals surface area (Å²) in [5.41, 5.74) is 5.24. The van der Waals surface area contributed by atoms with Gasteiger partial charge in [0.25, 0.3) is 0 Å². The molecule has 10 heteroatoms. The molecule has 0 N–H and O–H groups in total. The van der Waals surface area contributed by atoms with Gasteiger partial charge in [-0.1, -0.05) is 6.42 Å². The number of hydrogen-bond donors (Lipinski definition) is 0. The summed E-state index contributed by atoms with van der Waals surface area (Å²) in [5.74, 6) is -0.00698. The first-order valence-electron chi connectivity index (χ1n) is 12.0. The highest BCUT2D eigenvalue weighted by Gasteiger charge is 2.30. The molecule has 0 saturated carbocycles. The summed E-state index contributed by atoms with van der Waals surface area (Å²) in [6, 6.07) is 7.25. The number of sulfonamides is 1. The largest absolute Gasteiger partial charge is 0.312 e. The Hall–Kier alpha value is -3.29. The Bertz CT molecular complexity index is 1460. The van der Waals surface area contributed by atoms with Crippen molar-refractivity contribution in [2.45, 2.75) is 57.3 Å². The van der Waals surface area contributed by atoms with Crippen LogP contribution in [0, 0.1) is 25.2 Å². The number of nitrogens with zero attached hydrogens (tertiary/aromatic N) is 6. The Morgan fingerprint density at radius 1 is 1.14 bits per heavy atom. The van der Waals surface area contributed by atoms with Crippen LogP contribution in [0.1, 0.15) is 53.8 Å². The molecule has 35 heavy (non-hydrogen) atoms. The molecule has 0 bridgehead atoms. The Labute approximate surface area is 205 Å². The first-order valence-corrected chi connectivity index (χ1v) is 13.4. The van der Waals surface area contributed by atoms with Gasteiger partial charge in [-0.25, -0.2) is 17.9 Å². The Kier molecular flexibility index (Phi) is 6.07. The predicted octanol–water partition coefficient (Wildman–Crippen LogP) is 2.91. The molecule has 4 heterocycles. The summed E-state index contributed by atoms with van der Waals surface area (Å²) in [6.45, 7) is 5.49. The number of aromatic nitrogens is 3. The van der Waals surface area contributed by atoms with Gasteiger partial charge in [0.15, 0.2) is 5.65 Å². The van der Waals surface area contributed by atoms with Gasteiger partial charge in [0, 0.05) is 43.1 Å². The van der Waals surface area contributed by atoms with E-state index in [2.05, 4.69) is 16.2 Å². The van der Waals surface area contributed by atoms with E-state index in [9.17, 15) is 18.5 Å². The van der Waals surface area contributed by atoms with Crippen LogP contribution < -0.4 is 4.90 Å². The van der Waals surface area contributed by atoms with Gasteiger partial charge >= 0.3 is 0 Å². The summed E-state index contributed by atoms with van der Waals surface area (Å²) in [7, 11) is -3.50. The second-order valence-electron chi connectivity index (χ2n) is 9.22. The number of aryl methyl sites for hydroxylation is 2. The SMILES string of the molecule is Cc1nc2c(C#N)cnn2c(C)c1CCC(=O)N1CCc2cc(S(=O)(=O)N3CCCCC3)ccc21. The van der Waals surface area contributed by atoms with Crippen LogP contribution >= 0.6 is 0 Å². The van der Waals surface area contributed by atoms with Gasteiger partial charge < -0.3 is 4.90 Å². The average Bonchev–Trinajstić information content (AvgIpc) is 3.48. The molecular formula is C25H28N6O3S. The van der Waals surface area contributed by atoms with Crippen molar-refractivity contribution in [3.63, 3.8) is 0 Å². The Morgan fingerprint density at radius 2 is 1.91 bits per heavy atom. The number of amides is 1. The van der Waals surface area contributed by atoms with Crippen LogP contribution in [-0.2, 0) is 27.7 Å². The lowest BCUT2D eigenvalue weighted by atomic mass is 10.1. The molecule has 9 nitrogen and oxygen atoms in total. The number of hydrogen-bond acceptors (Lipinski definition) is 6. The van der Waals surface area contributed by atoms with Gasteiger partial charge in [-0.15, -0.1) is 0 Å². The monoisotopic (exact) mass is 492 g/mol. The molecule has 0 aliphatic carbocycles. The summed E-state index contributed by atoms with van der Waals surface area (Å²) >= 11 is 0. The first-order chi connectivity index (χ1) is 16.8. The number of nitriles is 1. The maximum Gasteiger partial charge on any atom is 0.243 e. The molecule has 0 radical (unpaired) electrons. The van der Waals surface area contributed by atoms with Gasteiger partial charge in [0.1, 0.15) is 11.6 Å². The maximum atomic E-state index is 13.2. The minimum atomic E-state index is -3.50. The smallest absolute Gasteiger partial charge is 0.243 e. The van der Waals surface area contributed by atoms with E-state index < -0.39 is 10.0 Å². The summed E-state index contributed by atoms with van der Waals surface area (Å²) < 4.78 is 29.3. The third-order valence-electron chi connectivity index (χ3n) is 7.12. The molecule has 0 spiro atoms. The zero-order valence-electron chi connectivity index (χ0n) is 20.0. The minimum absolute atomic E-state index is 0.00698. The van der Waals surface area contributed by atoms with Crippen molar-refractivity contribution in [3.05, 3.63) is 52.5 Å². The molecule has 2 aliphatic heterocycles. The lowest BCUT2D eigenvalue weighted by molar-refractivity contribution is -0.118. The highest BCUT2D eigenvalue weighted by Crippen LogP contribution is 2.32. The van der Waals surface area contributed by atoms with E-state index in [1.807, 2.05) is 13.8 Å². The van der Waals surface area contributed by atoms with Crippen LogP contribution in [0.15, 0.2) is 29.3 Å². The summed E-state index contributed by atoms with van der Waals surface area (Å²) in [5, 5.41) is 13.5. The summed E-state index contributed by atoms with van der Waals surface area (Å²) in [6.07, 6.45) is 5.81. The zero-order valence-corrected chi connectivity index (χ0v) is 20.8. The quantitative estimate of drug-likeness (QED) is 0.541. The fourth-order valence-electron chi connectivity index (χ4n) is 5.17. The normalized spacial score (nSPS) is 16.4. The number of carbonyl (C=O) groups is 1. The standard InChI is InChI=1S/C25H28N6O3S/c1-17-22(18(2)31-25(28-17)20(15-26)16-27-31)7-9-24(32)30-13-10-19-14-21(6-8-23(19)30)35(33,34)29-11-4-3-5-12-29/h6,8,14,16H,3-5,7,9-13H2,1-2H3. The Morgan fingerprint density at radius 3 is 2.66 bits per heavy atom. The predicted molar refractivity (Wildman–Crippen MR) is 131 cm³/mol. The maximum absolute atomic E-state index is 13.2. The van der Waals surface area contributed by atoms with Crippen LogP contribution in [0.2, 0.25) is 0 Å². The number of piperidine rings is 1. The van der Waals surface area contributed by atoms with E-state index in [1.54, 1.807) is 31.9 Å². The number of fused-ring (bicyclic) bond motifs is 2. The fraction of sp³-hybridized carbons (Fsp3) is 0.440. The second kappa shape index (κ2) is 9.06. The van der Waals surface area contributed by atoms with E-state index in [-0.39, 0.29) is 5.91 Å². The van der Waals surface area contributed by atoms with Crippen LogP contribution in [0.4, 0.5) is 5.69 Å². The van der Waals surface area contributed by atoms with E-state index in [4.69, 9.17) is 0 Å². The zero-order chi connectivity index (χ0) is 24.7. The topological polar surface area (TPSA) is 112 Å². The Balaban J connectivity index is 1.33. The molecule has 0 atom stereocenters. The fourth-order valence-corrected chi connectivity index (χ4v) is 6.74. The third-order valence-corrected chi connectivity index (χ3v) is 9.01. The van der Waals surface area contributed by atoms with Gasteiger partial charge in [-0.05, 0) is 68.9 Å². The van der Waals surface area contributed by atoms with E-state index in [0.717, 1.165) is 47.5 Å². The second-order valence-corrected chi connectivity index (χ2v) is 11.2. The van der Waals surface area contributed by atoms with Crippen molar-refractivity contribution in [1.29, 1.82) is 5.26 Å². The van der Waals surface area contributed by atoms with Crippen molar-refractivity contribution in [1.82, 2.24) is 18.9 Å². The van der Waals surface area contributed by atoms with Crippen molar-refractivity contribution >= 4 is 27.3 Å². The molecule has 2 aliphatic rings. The van der Waals surface area contributed by atoms with Crippen LogP contribution in [0.25, 0.3) is 5.65 Å². The van der Waals surface area contributed by atoms with Gasteiger partial charge in [0.2, 0.25) is 15.9 Å². The number of carbonyl (C=O) groups excluding carboxylic acids is 1. The molecule has 5 rings (SSSR count). The summed E-state index contributed by atoms with van der Waals surface area (Å²) in [4.78, 5) is 19.8. The van der Waals surface area contributed by atoms with Crippen LogP contribution in [-0.4, -0.2) is 52.9 Å². The van der Waals surface area contributed by atoms with Crippen molar-refractivity contribution in [3.8, 4) is 6.07 Å². The molecule has 1 amide bonds. The minimum Gasteiger partial charge on any atom is -0.312 e. The van der Waals surface area contributed by atoms with Gasteiger partial charge in [-0.2, -0.15) is 14.7 Å². The van der Waals surface area contributed by atoms with E-state index in [1.165, 1.54) is 6.20 Å². The molecule has 1 aromatic carbocycles. The number of anilines is 1.